The molecule has 1 unspecified atom stereocenters. The first-order valence-electron chi connectivity index (χ1n) is 6.53. The maximum Gasteiger partial charge on any atom is 0.192 e. The van der Waals surface area contributed by atoms with E-state index in [0.29, 0.717) is 23.3 Å². The Balaban J connectivity index is 1.74. The average molecular weight is 319 g/mol. The molecule has 0 amide bonds. The fourth-order valence-electron chi connectivity index (χ4n) is 2.31. The lowest BCUT2D eigenvalue weighted by Gasteiger charge is -2.25. The SMILES string of the molecule is Cc1cc2c(Cl)nc(C3COc4ccccc4O3)nc2s1. The predicted octanol–water partition coefficient (Wildman–Crippen LogP) is 4.17. The lowest BCUT2D eigenvalue weighted by molar-refractivity contribution is 0.0853. The van der Waals surface area contributed by atoms with Crippen LogP contribution in [-0.2, 0) is 0 Å². The Morgan fingerprint density at radius 1 is 1.24 bits per heavy atom. The Kier molecular flexibility index (Phi) is 2.97. The first kappa shape index (κ1) is 12.9. The van der Waals surface area contributed by atoms with Crippen molar-refractivity contribution in [3.63, 3.8) is 0 Å². The Labute approximate surface area is 130 Å². The van der Waals surface area contributed by atoms with Gasteiger partial charge in [-0.15, -0.1) is 11.3 Å². The summed E-state index contributed by atoms with van der Waals surface area (Å²) in [4.78, 5) is 11.0. The normalized spacial score (nSPS) is 17.1. The van der Waals surface area contributed by atoms with Gasteiger partial charge in [0.25, 0.3) is 0 Å². The van der Waals surface area contributed by atoms with Gasteiger partial charge < -0.3 is 9.47 Å². The third kappa shape index (κ3) is 2.22. The molecule has 4 nitrogen and oxygen atoms in total. The Morgan fingerprint density at radius 3 is 2.90 bits per heavy atom. The second kappa shape index (κ2) is 4.86. The van der Waals surface area contributed by atoms with E-state index in [1.165, 1.54) is 0 Å². The third-order valence-electron chi connectivity index (χ3n) is 3.28. The first-order chi connectivity index (χ1) is 10.2. The van der Waals surface area contributed by atoms with Crippen LogP contribution in [0.2, 0.25) is 5.15 Å². The van der Waals surface area contributed by atoms with Crippen LogP contribution >= 0.6 is 22.9 Å². The quantitative estimate of drug-likeness (QED) is 0.632. The second-order valence-corrected chi connectivity index (χ2v) is 6.41. The minimum atomic E-state index is -0.343. The maximum absolute atomic E-state index is 6.25. The molecule has 4 rings (SSSR count). The zero-order chi connectivity index (χ0) is 14.4. The molecule has 0 bridgehead atoms. The molecule has 1 aliphatic heterocycles. The number of para-hydroxylation sites is 2. The van der Waals surface area contributed by atoms with Crippen molar-refractivity contribution in [2.75, 3.05) is 6.61 Å². The molecule has 0 radical (unpaired) electrons. The van der Waals surface area contributed by atoms with Gasteiger partial charge in [0, 0.05) is 10.3 Å². The number of aromatic nitrogens is 2. The van der Waals surface area contributed by atoms with E-state index in [-0.39, 0.29) is 6.10 Å². The number of halogens is 1. The number of nitrogens with zero attached hydrogens (tertiary/aromatic N) is 2. The highest BCUT2D eigenvalue weighted by atomic mass is 35.5. The molecule has 2 aromatic heterocycles. The molecule has 0 saturated carbocycles. The largest absolute Gasteiger partial charge is 0.485 e. The molecule has 106 valence electrons. The van der Waals surface area contributed by atoms with Gasteiger partial charge in [-0.05, 0) is 25.1 Å². The van der Waals surface area contributed by atoms with Crippen molar-refractivity contribution >= 4 is 33.2 Å². The summed E-state index contributed by atoms with van der Waals surface area (Å²) in [5, 5.41) is 1.35. The highest BCUT2D eigenvalue weighted by Crippen LogP contribution is 2.36. The van der Waals surface area contributed by atoms with Crippen LogP contribution in [0.3, 0.4) is 0 Å². The summed E-state index contributed by atoms with van der Waals surface area (Å²) < 4.78 is 11.6. The predicted molar refractivity (Wildman–Crippen MR) is 82.5 cm³/mol. The van der Waals surface area contributed by atoms with Crippen LogP contribution in [0.25, 0.3) is 10.2 Å². The molecule has 1 atom stereocenters. The smallest absolute Gasteiger partial charge is 0.192 e. The minimum absolute atomic E-state index is 0.343. The zero-order valence-corrected chi connectivity index (χ0v) is 12.7. The van der Waals surface area contributed by atoms with E-state index in [1.807, 2.05) is 37.3 Å². The average Bonchev–Trinajstić information content (AvgIpc) is 2.88. The van der Waals surface area contributed by atoms with Crippen LogP contribution in [0.4, 0.5) is 0 Å². The Morgan fingerprint density at radius 2 is 2.05 bits per heavy atom. The van der Waals surface area contributed by atoms with E-state index < -0.39 is 0 Å². The topological polar surface area (TPSA) is 44.2 Å². The Hall–Kier alpha value is -1.85. The van der Waals surface area contributed by atoms with Crippen molar-refractivity contribution in [2.45, 2.75) is 13.0 Å². The standard InChI is InChI=1S/C15H11ClN2O2S/c1-8-6-9-13(16)17-14(18-15(9)21-8)12-7-19-10-4-2-3-5-11(10)20-12/h2-6,12H,7H2,1H3. The van der Waals surface area contributed by atoms with Gasteiger partial charge in [0.05, 0.1) is 0 Å². The van der Waals surface area contributed by atoms with Gasteiger partial charge in [-0.25, -0.2) is 9.97 Å². The lowest BCUT2D eigenvalue weighted by Crippen LogP contribution is -2.23. The minimum Gasteiger partial charge on any atom is -0.485 e. The molecule has 1 aromatic carbocycles. The van der Waals surface area contributed by atoms with Gasteiger partial charge in [-0.2, -0.15) is 0 Å². The van der Waals surface area contributed by atoms with Crippen molar-refractivity contribution in [1.29, 1.82) is 0 Å². The monoisotopic (exact) mass is 318 g/mol. The van der Waals surface area contributed by atoms with E-state index in [0.717, 1.165) is 20.8 Å². The fourth-order valence-corrected chi connectivity index (χ4v) is 3.49. The van der Waals surface area contributed by atoms with Crippen molar-refractivity contribution < 1.29 is 9.47 Å². The number of ether oxygens (including phenoxy) is 2. The van der Waals surface area contributed by atoms with Crippen LogP contribution in [0.1, 0.15) is 16.8 Å². The molecule has 3 aromatic rings. The molecule has 0 spiro atoms. The summed E-state index contributed by atoms with van der Waals surface area (Å²) in [7, 11) is 0. The third-order valence-corrected chi connectivity index (χ3v) is 4.52. The highest BCUT2D eigenvalue weighted by Gasteiger charge is 2.25. The summed E-state index contributed by atoms with van der Waals surface area (Å²) in [6.07, 6.45) is -0.343. The van der Waals surface area contributed by atoms with E-state index in [4.69, 9.17) is 21.1 Å². The highest BCUT2D eigenvalue weighted by molar-refractivity contribution is 7.18. The van der Waals surface area contributed by atoms with E-state index in [1.54, 1.807) is 11.3 Å². The lowest BCUT2D eigenvalue weighted by atomic mass is 10.2. The van der Waals surface area contributed by atoms with Crippen LogP contribution < -0.4 is 9.47 Å². The van der Waals surface area contributed by atoms with Crippen molar-refractivity contribution in [1.82, 2.24) is 9.97 Å². The number of benzene rings is 1. The number of aryl methyl sites for hydroxylation is 1. The van der Waals surface area contributed by atoms with E-state index >= 15 is 0 Å². The summed E-state index contributed by atoms with van der Waals surface area (Å²) in [6, 6.07) is 9.57. The summed E-state index contributed by atoms with van der Waals surface area (Å²) in [5.74, 6) is 2.01. The van der Waals surface area contributed by atoms with Crippen LogP contribution in [0, 0.1) is 6.92 Å². The van der Waals surface area contributed by atoms with Crippen LogP contribution in [-0.4, -0.2) is 16.6 Å². The molecule has 0 aliphatic carbocycles. The number of hydrogen-bond donors (Lipinski definition) is 0. The molecule has 1 aliphatic rings. The number of thiophene rings is 1. The molecule has 0 fully saturated rings. The second-order valence-electron chi connectivity index (χ2n) is 4.81. The van der Waals surface area contributed by atoms with E-state index in [2.05, 4.69) is 9.97 Å². The molecule has 21 heavy (non-hydrogen) atoms. The van der Waals surface area contributed by atoms with Gasteiger partial charge in [-0.3, -0.25) is 0 Å². The van der Waals surface area contributed by atoms with Gasteiger partial charge in [-0.1, -0.05) is 23.7 Å². The molecule has 0 saturated heterocycles. The van der Waals surface area contributed by atoms with Gasteiger partial charge in [0.2, 0.25) is 0 Å². The van der Waals surface area contributed by atoms with Gasteiger partial charge in [0.15, 0.2) is 23.4 Å². The van der Waals surface area contributed by atoms with Crippen molar-refractivity contribution in [2.24, 2.45) is 0 Å². The molecular formula is C15H11ClN2O2S. The molecular weight excluding hydrogens is 308 g/mol. The van der Waals surface area contributed by atoms with Crippen molar-refractivity contribution in [3.8, 4) is 11.5 Å². The number of hydrogen-bond acceptors (Lipinski definition) is 5. The zero-order valence-electron chi connectivity index (χ0n) is 11.2. The maximum atomic E-state index is 6.25. The summed E-state index contributed by atoms with van der Waals surface area (Å²) in [5.41, 5.74) is 0. The molecule has 6 heteroatoms. The number of rotatable bonds is 1. The Bertz CT molecular complexity index is 834. The van der Waals surface area contributed by atoms with Gasteiger partial charge >= 0.3 is 0 Å². The summed E-state index contributed by atoms with van der Waals surface area (Å²) >= 11 is 7.85. The van der Waals surface area contributed by atoms with Gasteiger partial charge in [0.1, 0.15) is 16.6 Å². The first-order valence-corrected chi connectivity index (χ1v) is 7.72. The summed E-state index contributed by atoms with van der Waals surface area (Å²) in [6.45, 7) is 2.40. The molecule has 3 heterocycles. The van der Waals surface area contributed by atoms with E-state index in [9.17, 15) is 0 Å². The van der Waals surface area contributed by atoms with Crippen LogP contribution in [0.5, 0.6) is 11.5 Å². The molecule has 0 N–H and O–H groups in total. The number of fused-ring (bicyclic) bond motifs is 2. The van der Waals surface area contributed by atoms with Crippen molar-refractivity contribution in [3.05, 3.63) is 46.2 Å². The van der Waals surface area contributed by atoms with Crippen LogP contribution in [0.15, 0.2) is 30.3 Å². The fraction of sp³-hybridized carbons (Fsp3) is 0.200.